The SMILES string of the molecule is C[Si](C)(C)C#CC(CCCCCCCCC(C#C[Si](C)(C)C)=C(Br)Br)=C(Br)Br. The van der Waals surface area contributed by atoms with Gasteiger partial charge in [0.15, 0.2) is 0 Å². The summed E-state index contributed by atoms with van der Waals surface area (Å²) in [7, 11) is -2.65. The number of rotatable bonds is 9. The molecule has 0 radical (unpaired) electrons. The van der Waals surface area contributed by atoms with Gasteiger partial charge in [-0.25, -0.2) is 0 Å². The van der Waals surface area contributed by atoms with Gasteiger partial charge in [0.25, 0.3) is 0 Å². The van der Waals surface area contributed by atoms with E-state index >= 15 is 0 Å². The van der Waals surface area contributed by atoms with Crippen LogP contribution in [0.15, 0.2) is 17.9 Å². The van der Waals surface area contributed by atoms with Crippen LogP contribution >= 0.6 is 63.7 Å². The Hall–Kier alpha value is 0.954. The molecule has 0 saturated heterocycles. The summed E-state index contributed by atoms with van der Waals surface area (Å²) in [5, 5.41) is 0. The molecule has 0 aromatic carbocycles. The molecule has 0 atom stereocenters. The van der Waals surface area contributed by atoms with E-state index in [0.29, 0.717) is 0 Å². The molecule has 0 aromatic heterocycles. The van der Waals surface area contributed by atoms with E-state index in [0.717, 1.165) is 19.6 Å². The van der Waals surface area contributed by atoms with Crippen LogP contribution in [0.1, 0.15) is 51.4 Å². The summed E-state index contributed by atoms with van der Waals surface area (Å²) in [6.07, 6.45) is 9.65. The average Bonchev–Trinajstić information content (AvgIpc) is 2.52. The largest absolute Gasteiger partial charge is 0.129 e. The highest BCUT2D eigenvalue weighted by Crippen LogP contribution is 2.25. The molecular formula is C22H34Br4Si2. The third-order valence-electron chi connectivity index (χ3n) is 3.74. The summed E-state index contributed by atoms with van der Waals surface area (Å²) < 4.78 is 2.04. The summed E-state index contributed by atoms with van der Waals surface area (Å²) >= 11 is 14.2. The van der Waals surface area contributed by atoms with Crippen molar-refractivity contribution in [3.63, 3.8) is 0 Å². The normalized spacial score (nSPS) is 11.1. The lowest BCUT2D eigenvalue weighted by Gasteiger charge is -2.07. The van der Waals surface area contributed by atoms with E-state index in [1.54, 1.807) is 0 Å². The van der Waals surface area contributed by atoms with Gasteiger partial charge in [0.1, 0.15) is 16.1 Å². The molecule has 0 rings (SSSR count). The molecule has 0 fully saturated rings. The molecule has 0 bridgehead atoms. The van der Waals surface area contributed by atoms with Crippen LogP contribution in [0.5, 0.6) is 0 Å². The second-order valence-corrected chi connectivity index (χ2v) is 23.9. The highest BCUT2D eigenvalue weighted by Gasteiger charge is 2.09. The Balaban J connectivity index is 4.18. The first-order valence-electron chi connectivity index (χ1n) is 9.96. The van der Waals surface area contributed by atoms with E-state index in [1.807, 2.05) is 0 Å². The smallest absolute Gasteiger partial charge is 0.127 e. The summed E-state index contributed by atoms with van der Waals surface area (Å²) in [5.41, 5.74) is 9.34. The van der Waals surface area contributed by atoms with Crippen LogP contribution in [0.4, 0.5) is 0 Å². The van der Waals surface area contributed by atoms with Gasteiger partial charge >= 0.3 is 0 Å². The predicted molar refractivity (Wildman–Crippen MR) is 149 cm³/mol. The van der Waals surface area contributed by atoms with Gasteiger partial charge < -0.3 is 0 Å². The lowest BCUT2D eigenvalue weighted by molar-refractivity contribution is 0.596. The van der Waals surface area contributed by atoms with Gasteiger partial charge in [-0.1, -0.05) is 76.8 Å². The third kappa shape index (κ3) is 17.8. The number of halogens is 4. The monoisotopic (exact) mass is 670 g/mol. The maximum atomic E-state index is 3.55. The van der Waals surface area contributed by atoms with Crippen LogP contribution in [-0.4, -0.2) is 16.1 Å². The van der Waals surface area contributed by atoms with Crippen LogP contribution < -0.4 is 0 Å². The van der Waals surface area contributed by atoms with Gasteiger partial charge in [0.2, 0.25) is 0 Å². The molecule has 158 valence electrons. The predicted octanol–water partition coefficient (Wildman–Crippen LogP) is 9.87. The Morgan fingerprint density at radius 3 is 1.07 bits per heavy atom. The maximum absolute atomic E-state index is 3.55. The Labute approximate surface area is 209 Å². The minimum Gasteiger partial charge on any atom is -0.127 e. The molecule has 0 unspecified atom stereocenters. The molecule has 28 heavy (non-hydrogen) atoms. The Morgan fingerprint density at radius 2 is 0.821 bits per heavy atom. The summed E-state index contributed by atoms with van der Waals surface area (Å²) in [6, 6.07) is 0. The fourth-order valence-corrected chi connectivity index (χ4v) is 4.49. The second-order valence-electron chi connectivity index (χ2n) is 9.10. The molecule has 0 aliphatic carbocycles. The van der Waals surface area contributed by atoms with Crippen LogP contribution in [0.3, 0.4) is 0 Å². The van der Waals surface area contributed by atoms with E-state index in [9.17, 15) is 0 Å². The molecular weight excluding hydrogens is 640 g/mol. The average molecular weight is 674 g/mol. The first kappa shape index (κ1) is 29.0. The summed E-state index contributed by atoms with van der Waals surface area (Å²) in [6.45, 7) is 13.7. The van der Waals surface area contributed by atoms with E-state index in [2.05, 4.69) is 126 Å². The zero-order chi connectivity index (χ0) is 21.8. The maximum Gasteiger partial charge on any atom is 0.129 e. The molecule has 0 nitrogen and oxygen atoms in total. The van der Waals surface area contributed by atoms with Gasteiger partial charge in [-0.3, -0.25) is 0 Å². The van der Waals surface area contributed by atoms with Crippen molar-refractivity contribution >= 4 is 79.9 Å². The van der Waals surface area contributed by atoms with Crippen molar-refractivity contribution in [1.82, 2.24) is 0 Å². The molecule has 0 spiro atoms. The van der Waals surface area contributed by atoms with Gasteiger partial charge in [-0.2, -0.15) is 0 Å². The molecule has 0 heterocycles. The van der Waals surface area contributed by atoms with Gasteiger partial charge in [-0.15, -0.1) is 11.1 Å². The van der Waals surface area contributed by atoms with E-state index in [4.69, 9.17) is 0 Å². The molecule has 0 aromatic rings. The lowest BCUT2D eigenvalue weighted by atomic mass is 10.0. The van der Waals surface area contributed by atoms with Crippen LogP contribution in [0, 0.1) is 22.9 Å². The first-order chi connectivity index (χ1) is 12.8. The summed E-state index contributed by atoms with van der Waals surface area (Å²) in [4.78, 5) is 0. The fraction of sp³-hybridized carbons (Fsp3) is 0.636. The highest BCUT2D eigenvalue weighted by molar-refractivity contribution is 9.28. The molecule has 0 N–H and O–H groups in total. The van der Waals surface area contributed by atoms with Crippen LogP contribution in [-0.2, 0) is 0 Å². The molecule has 0 aliphatic rings. The molecule has 0 saturated carbocycles. The van der Waals surface area contributed by atoms with Gasteiger partial charge in [-0.05, 0) is 89.4 Å². The number of unbranched alkanes of at least 4 members (excludes halogenated alkanes) is 5. The van der Waals surface area contributed by atoms with Crippen LogP contribution in [0.2, 0.25) is 39.3 Å². The van der Waals surface area contributed by atoms with Crippen molar-refractivity contribution < 1.29 is 0 Å². The Kier molecular flexibility index (Phi) is 15.4. The zero-order valence-corrected chi connectivity index (χ0v) is 26.5. The minimum atomic E-state index is -1.32. The quantitative estimate of drug-likeness (QED) is 0.130. The van der Waals surface area contributed by atoms with E-state index in [-0.39, 0.29) is 0 Å². The zero-order valence-electron chi connectivity index (χ0n) is 18.2. The fourth-order valence-electron chi connectivity index (χ4n) is 2.25. The van der Waals surface area contributed by atoms with Crippen LogP contribution in [0.25, 0.3) is 0 Å². The van der Waals surface area contributed by atoms with E-state index in [1.165, 1.54) is 49.7 Å². The third-order valence-corrected chi connectivity index (χ3v) is 7.40. The van der Waals surface area contributed by atoms with Crippen molar-refractivity contribution in [2.24, 2.45) is 0 Å². The first-order valence-corrected chi connectivity index (χ1v) is 20.1. The number of hydrogen-bond donors (Lipinski definition) is 0. The van der Waals surface area contributed by atoms with Crippen molar-refractivity contribution in [2.45, 2.75) is 90.6 Å². The molecule has 6 heteroatoms. The van der Waals surface area contributed by atoms with Gasteiger partial charge in [0, 0.05) is 11.1 Å². The van der Waals surface area contributed by atoms with Gasteiger partial charge in [0.05, 0.1) is 6.78 Å². The van der Waals surface area contributed by atoms with Crippen molar-refractivity contribution in [1.29, 1.82) is 0 Å². The van der Waals surface area contributed by atoms with E-state index < -0.39 is 16.1 Å². The standard InChI is InChI=1S/C22H34Br4Si2/c1-27(2,3)17-15-19(21(23)24)13-11-9-7-8-10-12-14-20(22(25)26)16-18-28(4,5)6/h7-14H2,1-6H3. The Bertz CT molecular complexity index is 604. The minimum absolute atomic E-state index is 1.02. The lowest BCUT2D eigenvalue weighted by Crippen LogP contribution is -2.16. The van der Waals surface area contributed by atoms with Crippen molar-refractivity contribution in [3.8, 4) is 22.9 Å². The number of hydrogen-bond acceptors (Lipinski definition) is 0. The molecule has 0 aliphatic heterocycles. The van der Waals surface area contributed by atoms with Crippen molar-refractivity contribution in [2.75, 3.05) is 0 Å². The second kappa shape index (κ2) is 14.9. The number of allylic oxidation sites excluding steroid dienone is 2. The highest BCUT2D eigenvalue weighted by atomic mass is 79.9. The topological polar surface area (TPSA) is 0 Å². The summed E-state index contributed by atoms with van der Waals surface area (Å²) in [5.74, 6) is 6.78. The molecule has 0 amide bonds. The van der Waals surface area contributed by atoms with Crippen molar-refractivity contribution in [3.05, 3.63) is 17.9 Å². The Morgan fingerprint density at radius 1 is 0.536 bits per heavy atom.